The van der Waals surface area contributed by atoms with Crippen molar-refractivity contribution in [3.05, 3.63) is 11.6 Å². The molecule has 0 spiro atoms. The maximum atomic E-state index is 11.3. The van der Waals surface area contributed by atoms with Crippen LogP contribution in [0.1, 0.15) is 39.5 Å². The van der Waals surface area contributed by atoms with E-state index >= 15 is 0 Å². The van der Waals surface area contributed by atoms with E-state index in [-0.39, 0.29) is 0 Å². The minimum Gasteiger partial charge on any atom is -0.295 e. The normalized spacial score (nSPS) is 25.1. The van der Waals surface area contributed by atoms with Gasteiger partial charge in [-0.3, -0.25) is 4.79 Å². The second-order valence-electron chi connectivity index (χ2n) is 3.22. The summed E-state index contributed by atoms with van der Waals surface area (Å²) in [5.74, 6) is 1.00. The molecule has 0 N–H and O–H groups in total. The fraction of sp³-hybridized carbons (Fsp3) is 0.700. The van der Waals surface area contributed by atoms with Crippen molar-refractivity contribution in [3.63, 3.8) is 0 Å². The molecule has 1 aliphatic carbocycles. The van der Waals surface area contributed by atoms with Gasteiger partial charge >= 0.3 is 0 Å². The van der Waals surface area contributed by atoms with Gasteiger partial charge in [-0.15, -0.1) is 0 Å². The maximum absolute atomic E-state index is 11.3. The average Bonchev–Trinajstić information content (AvgIpc) is 2.04. The molecule has 0 aromatic carbocycles. The molecule has 0 amide bonds. The molecule has 0 unspecified atom stereocenters. The number of ketones is 1. The fourth-order valence-electron chi connectivity index (χ4n) is 1.55. The van der Waals surface area contributed by atoms with E-state index in [0.29, 0.717) is 11.7 Å². The molecule has 1 aliphatic rings. The lowest BCUT2D eigenvalue weighted by atomic mass is 9.86. The summed E-state index contributed by atoms with van der Waals surface area (Å²) in [6, 6.07) is 0. The highest BCUT2D eigenvalue weighted by atomic mass is 16.1. The van der Waals surface area contributed by atoms with Gasteiger partial charge in [0.1, 0.15) is 0 Å². The number of carbonyl (C=O) groups excluding carboxylic acids is 1. The average molecular weight is 152 g/mol. The third-order valence-electron chi connectivity index (χ3n) is 2.49. The zero-order valence-electron chi connectivity index (χ0n) is 7.39. The van der Waals surface area contributed by atoms with Crippen molar-refractivity contribution in [3.8, 4) is 0 Å². The van der Waals surface area contributed by atoms with E-state index in [2.05, 4.69) is 19.9 Å². The Hall–Kier alpha value is -0.590. The molecule has 0 radical (unpaired) electrons. The first-order valence-corrected chi connectivity index (χ1v) is 4.50. The number of hydrogen-bond donors (Lipinski definition) is 0. The molecule has 0 saturated heterocycles. The zero-order valence-corrected chi connectivity index (χ0v) is 7.39. The van der Waals surface area contributed by atoms with Crippen molar-refractivity contribution < 1.29 is 4.79 Å². The molecule has 0 aromatic heterocycles. The minimum absolute atomic E-state index is 0.380. The van der Waals surface area contributed by atoms with Crippen LogP contribution in [0, 0.1) is 5.92 Å². The molecular formula is C10H16O. The Kier molecular flexibility index (Phi) is 2.86. The molecule has 11 heavy (non-hydrogen) atoms. The second kappa shape index (κ2) is 3.70. The Balaban J connectivity index is 2.60. The molecule has 0 fully saturated rings. The number of allylic oxidation sites excluding steroid dienone is 2. The monoisotopic (exact) mass is 152 g/mol. The zero-order chi connectivity index (χ0) is 8.27. The Bertz CT molecular complexity index is 179. The van der Waals surface area contributed by atoms with Crippen LogP contribution < -0.4 is 0 Å². The summed E-state index contributed by atoms with van der Waals surface area (Å²) >= 11 is 0. The summed E-state index contributed by atoms with van der Waals surface area (Å²) in [6.07, 6.45) is 6.08. The van der Waals surface area contributed by atoms with Crippen molar-refractivity contribution >= 4 is 5.78 Å². The predicted molar refractivity (Wildman–Crippen MR) is 46.4 cm³/mol. The highest BCUT2D eigenvalue weighted by Crippen LogP contribution is 2.24. The Morgan fingerprint density at radius 2 is 2.27 bits per heavy atom. The van der Waals surface area contributed by atoms with Crippen LogP contribution in [-0.2, 0) is 4.79 Å². The van der Waals surface area contributed by atoms with E-state index in [9.17, 15) is 4.79 Å². The first-order chi connectivity index (χ1) is 5.27. The van der Waals surface area contributed by atoms with Gasteiger partial charge < -0.3 is 0 Å². The summed E-state index contributed by atoms with van der Waals surface area (Å²) in [7, 11) is 0. The Labute approximate surface area is 68.5 Å². The molecule has 0 heterocycles. The molecule has 62 valence electrons. The third kappa shape index (κ3) is 1.92. The highest BCUT2D eigenvalue weighted by Gasteiger charge is 2.18. The van der Waals surface area contributed by atoms with Crippen LogP contribution in [0.4, 0.5) is 0 Å². The molecule has 0 bridgehead atoms. The van der Waals surface area contributed by atoms with Crippen molar-refractivity contribution in [1.82, 2.24) is 0 Å². The van der Waals surface area contributed by atoms with Gasteiger partial charge in [0.15, 0.2) is 5.78 Å². The molecule has 0 saturated carbocycles. The smallest absolute Gasteiger partial charge is 0.158 e. The Morgan fingerprint density at radius 3 is 2.73 bits per heavy atom. The van der Waals surface area contributed by atoms with E-state index in [1.165, 1.54) is 0 Å². The van der Waals surface area contributed by atoms with Gasteiger partial charge in [0.2, 0.25) is 0 Å². The van der Waals surface area contributed by atoms with E-state index in [0.717, 1.165) is 31.3 Å². The fourth-order valence-corrected chi connectivity index (χ4v) is 1.55. The molecule has 1 nitrogen and oxygen atoms in total. The molecule has 0 aromatic rings. The topological polar surface area (TPSA) is 17.1 Å². The number of hydrogen-bond acceptors (Lipinski definition) is 1. The van der Waals surface area contributed by atoms with E-state index < -0.39 is 0 Å². The Morgan fingerprint density at radius 1 is 1.55 bits per heavy atom. The largest absolute Gasteiger partial charge is 0.295 e. The van der Waals surface area contributed by atoms with Crippen LogP contribution in [0.15, 0.2) is 11.6 Å². The first-order valence-electron chi connectivity index (χ1n) is 4.50. The summed E-state index contributed by atoms with van der Waals surface area (Å²) in [5.41, 5.74) is 1.05. The summed E-state index contributed by atoms with van der Waals surface area (Å²) < 4.78 is 0. The van der Waals surface area contributed by atoms with Gasteiger partial charge in [0.25, 0.3) is 0 Å². The van der Waals surface area contributed by atoms with Crippen molar-refractivity contribution in [2.45, 2.75) is 39.5 Å². The lowest BCUT2D eigenvalue weighted by molar-refractivity contribution is -0.117. The van der Waals surface area contributed by atoms with Crippen LogP contribution in [0.25, 0.3) is 0 Å². The van der Waals surface area contributed by atoms with Gasteiger partial charge in [0, 0.05) is 6.42 Å². The van der Waals surface area contributed by atoms with Crippen molar-refractivity contribution in [2.75, 3.05) is 0 Å². The van der Waals surface area contributed by atoms with Crippen LogP contribution in [0.5, 0.6) is 0 Å². The lowest BCUT2D eigenvalue weighted by Gasteiger charge is -2.18. The quantitative estimate of drug-likeness (QED) is 0.594. The van der Waals surface area contributed by atoms with Crippen LogP contribution >= 0.6 is 0 Å². The van der Waals surface area contributed by atoms with Crippen LogP contribution in [-0.4, -0.2) is 5.78 Å². The first kappa shape index (κ1) is 8.51. The predicted octanol–water partition coefficient (Wildman–Crippen LogP) is 2.71. The number of Topliss-reactive ketones (excluding diaryl/α,β-unsaturated/α-hetero) is 1. The van der Waals surface area contributed by atoms with Crippen molar-refractivity contribution in [2.24, 2.45) is 5.92 Å². The SMILES string of the molecule is CCC1=CC[C@@H](CC)CC1=O. The van der Waals surface area contributed by atoms with Gasteiger partial charge in [-0.25, -0.2) is 0 Å². The van der Waals surface area contributed by atoms with E-state index in [4.69, 9.17) is 0 Å². The third-order valence-corrected chi connectivity index (χ3v) is 2.49. The molecule has 1 rings (SSSR count). The van der Waals surface area contributed by atoms with Gasteiger partial charge in [-0.2, -0.15) is 0 Å². The van der Waals surface area contributed by atoms with E-state index in [1.54, 1.807) is 0 Å². The number of rotatable bonds is 2. The van der Waals surface area contributed by atoms with Gasteiger partial charge in [0.05, 0.1) is 0 Å². The lowest BCUT2D eigenvalue weighted by Crippen LogP contribution is -2.14. The number of carbonyl (C=O) groups is 1. The van der Waals surface area contributed by atoms with Crippen LogP contribution in [0.3, 0.4) is 0 Å². The molecule has 0 aliphatic heterocycles. The standard InChI is InChI=1S/C10H16O/c1-3-8-5-6-9(4-2)10(11)7-8/h6,8H,3-5,7H2,1-2H3/t8-/m1/s1. The molecular weight excluding hydrogens is 136 g/mol. The highest BCUT2D eigenvalue weighted by molar-refractivity contribution is 5.96. The van der Waals surface area contributed by atoms with E-state index in [1.807, 2.05) is 0 Å². The summed E-state index contributed by atoms with van der Waals surface area (Å²) in [5, 5.41) is 0. The maximum Gasteiger partial charge on any atom is 0.158 e. The van der Waals surface area contributed by atoms with Crippen molar-refractivity contribution in [1.29, 1.82) is 0 Å². The summed E-state index contributed by atoms with van der Waals surface area (Å²) in [4.78, 5) is 11.3. The molecule has 1 heteroatoms. The van der Waals surface area contributed by atoms with Crippen LogP contribution in [0.2, 0.25) is 0 Å². The van der Waals surface area contributed by atoms with Gasteiger partial charge in [-0.1, -0.05) is 26.3 Å². The second-order valence-corrected chi connectivity index (χ2v) is 3.22. The molecule has 1 atom stereocenters. The van der Waals surface area contributed by atoms with Gasteiger partial charge in [-0.05, 0) is 24.3 Å². The minimum atomic E-state index is 0.380. The summed E-state index contributed by atoms with van der Waals surface area (Å²) in [6.45, 7) is 4.21.